The van der Waals surface area contributed by atoms with Gasteiger partial charge in [0.05, 0.1) is 37.2 Å². The van der Waals surface area contributed by atoms with Crippen molar-refractivity contribution in [2.75, 3.05) is 31.8 Å². The number of hydrogen-bond acceptors (Lipinski definition) is 7. The number of halogens is 1. The zero-order chi connectivity index (χ0) is 29.0. The summed E-state index contributed by atoms with van der Waals surface area (Å²) in [7, 11) is 3.05. The van der Waals surface area contributed by atoms with Gasteiger partial charge in [0.1, 0.15) is 23.9 Å². The summed E-state index contributed by atoms with van der Waals surface area (Å²) in [4.78, 5) is 36.0. The Morgan fingerprint density at radius 2 is 1.43 bits per heavy atom. The number of rotatable bonds is 14. The summed E-state index contributed by atoms with van der Waals surface area (Å²) in [6.45, 7) is 0.565. The first-order valence-corrected chi connectivity index (χ1v) is 16.1. The molecule has 2 rings (SSSR count). The van der Waals surface area contributed by atoms with Crippen LogP contribution >= 0.6 is 22.6 Å². The number of nitrogens with one attached hydrogen (secondary N) is 2. The number of ether oxygens (including phenoxy) is 4. The van der Waals surface area contributed by atoms with Crippen molar-refractivity contribution in [3.8, 4) is 17.2 Å². The number of esters is 1. The molecule has 9 nitrogen and oxygen atoms in total. The van der Waals surface area contributed by atoms with Crippen LogP contribution in [0.15, 0.2) is 12.1 Å². The third-order valence-corrected chi connectivity index (χ3v) is 7.71. The molecule has 0 unspecified atom stereocenters. The molecule has 0 atom stereocenters. The fraction of sp³-hybridized carbons (Fsp3) is 0.700. The SMILES string of the molecule is COc1cc(OCCCC(=O)NC2CCCCCCCCCCC2)cc(OC)c1COC(=O)CCNC(=O)CI. The van der Waals surface area contributed by atoms with Gasteiger partial charge in [-0.15, -0.1) is 0 Å². The molecular formula is C30H47IN2O7. The summed E-state index contributed by atoms with van der Waals surface area (Å²) in [5.74, 6) is 1.01. The van der Waals surface area contributed by atoms with E-state index in [0.29, 0.717) is 46.7 Å². The molecule has 1 fully saturated rings. The first-order chi connectivity index (χ1) is 19.5. The minimum atomic E-state index is -0.437. The van der Waals surface area contributed by atoms with E-state index >= 15 is 0 Å². The predicted octanol–water partition coefficient (Wildman–Crippen LogP) is 5.64. The molecule has 0 bridgehead atoms. The Labute approximate surface area is 252 Å². The lowest BCUT2D eigenvalue weighted by molar-refractivity contribution is -0.144. The van der Waals surface area contributed by atoms with E-state index in [0.717, 1.165) is 12.8 Å². The van der Waals surface area contributed by atoms with Gasteiger partial charge in [0.25, 0.3) is 0 Å². The summed E-state index contributed by atoms with van der Waals surface area (Å²) >= 11 is 1.96. The van der Waals surface area contributed by atoms with Crippen LogP contribution < -0.4 is 24.8 Å². The van der Waals surface area contributed by atoms with Gasteiger partial charge in [-0.3, -0.25) is 14.4 Å². The van der Waals surface area contributed by atoms with Gasteiger partial charge in [-0.1, -0.05) is 80.4 Å². The van der Waals surface area contributed by atoms with Crippen molar-refractivity contribution >= 4 is 40.4 Å². The Bertz CT molecular complexity index is 875. The third kappa shape index (κ3) is 13.9. The molecular weight excluding hydrogens is 627 g/mol. The summed E-state index contributed by atoms with van der Waals surface area (Å²) in [5, 5.41) is 5.90. The van der Waals surface area contributed by atoms with Crippen molar-refractivity contribution in [2.24, 2.45) is 0 Å². The number of carbonyl (C=O) groups excluding carboxylic acids is 3. The van der Waals surface area contributed by atoms with Gasteiger partial charge < -0.3 is 29.6 Å². The highest BCUT2D eigenvalue weighted by atomic mass is 127. The Morgan fingerprint density at radius 1 is 0.850 bits per heavy atom. The largest absolute Gasteiger partial charge is 0.496 e. The Balaban J connectivity index is 1.79. The lowest BCUT2D eigenvalue weighted by atomic mass is 9.98. The smallest absolute Gasteiger partial charge is 0.307 e. The van der Waals surface area contributed by atoms with E-state index < -0.39 is 5.97 Å². The lowest BCUT2D eigenvalue weighted by Crippen LogP contribution is -2.35. The maximum atomic E-state index is 12.6. The molecule has 1 saturated carbocycles. The predicted molar refractivity (Wildman–Crippen MR) is 163 cm³/mol. The molecule has 2 amide bonds. The van der Waals surface area contributed by atoms with Gasteiger partial charge >= 0.3 is 5.97 Å². The normalized spacial score (nSPS) is 15.2. The van der Waals surface area contributed by atoms with E-state index in [1.807, 2.05) is 22.6 Å². The van der Waals surface area contributed by atoms with Crippen molar-refractivity contribution in [1.29, 1.82) is 0 Å². The maximum absolute atomic E-state index is 12.6. The number of carbonyl (C=O) groups is 3. The molecule has 1 aliphatic carbocycles. The summed E-state index contributed by atoms with van der Waals surface area (Å²) < 4.78 is 22.6. The highest BCUT2D eigenvalue weighted by Gasteiger charge is 2.17. The van der Waals surface area contributed by atoms with Crippen LogP contribution in [-0.2, 0) is 25.7 Å². The molecule has 226 valence electrons. The molecule has 10 heteroatoms. The Hall–Kier alpha value is -2.24. The lowest BCUT2D eigenvalue weighted by Gasteiger charge is -2.20. The third-order valence-electron chi connectivity index (χ3n) is 7.02. The standard InChI is InChI=1S/C30H47IN2O7/c1-37-26-19-24(20-27(38-2)25(26)22-40-30(36)16-17-32-29(35)21-31)39-18-12-15-28(34)33-23-13-10-8-6-4-3-5-7-9-11-14-23/h19-20,23H,3-18,21-22H2,1-2H3,(H,32,35)(H,33,34). The highest BCUT2D eigenvalue weighted by molar-refractivity contribution is 14.1. The minimum Gasteiger partial charge on any atom is -0.496 e. The molecule has 0 aromatic heterocycles. The van der Waals surface area contributed by atoms with E-state index in [1.54, 1.807) is 12.1 Å². The second kappa shape index (κ2) is 20.6. The molecule has 2 N–H and O–H groups in total. The monoisotopic (exact) mass is 674 g/mol. The molecule has 1 aromatic carbocycles. The Kier molecular flexibility index (Phi) is 17.5. The van der Waals surface area contributed by atoms with Crippen molar-refractivity contribution in [1.82, 2.24) is 10.6 Å². The van der Waals surface area contributed by atoms with Crippen LogP contribution in [0.2, 0.25) is 0 Å². The topological polar surface area (TPSA) is 112 Å². The second-order valence-electron chi connectivity index (χ2n) is 10.2. The van der Waals surface area contributed by atoms with Gasteiger partial charge in [0.2, 0.25) is 11.8 Å². The number of hydrogen-bond donors (Lipinski definition) is 2. The average Bonchev–Trinajstić information content (AvgIpc) is 2.95. The van der Waals surface area contributed by atoms with Crippen LogP contribution in [0.4, 0.5) is 0 Å². The molecule has 0 saturated heterocycles. The van der Waals surface area contributed by atoms with Gasteiger partial charge in [-0.2, -0.15) is 0 Å². The molecule has 40 heavy (non-hydrogen) atoms. The van der Waals surface area contributed by atoms with Gasteiger partial charge in [-0.25, -0.2) is 0 Å². The molecule has 0 aliphatic heterocycles. The number of alkyl halides is 1. The van der Waals surface area contributed by atoms with E-state index in [9.17, 15) is 14.4 Å². The fourth-order valence-electron chi connectivity index (χ4n) is 4.79. The van der Waals surface area contributed by atoms with E-state index in [4.69, 9.17) is 18.9 Å². The maximum Gasteiger partial charge on any atom is 0.307 e. The zero-order valence-electron chi connectivity index (χ0n) is 24.2. The average molecular weight is 675 g/mol. The van der Waals surface area contributed by atoms with Crippen LogP contribution in [-0.4, -0.2) is 55.6 Å². The molecule has 1 aromatic rings. The van der Waals surface area contributed by atoms with E-state index in [-0.39, 0.29) is 37.4 Å². The summed E-state index contributed by atoms with van der Waals surface area (Å²) in [6, 6.07) is 3.71. The first-order valence-electron chi connectivity index (χ1n) is 14.6. The van der Waals surface area contributed by atoms with E-state index in [1.165, 1.54) is 72.0 Å². The van der Waals surface area contributed by atoms with Crippen LogP contribution in [0.25, 0.3) is 0 Å². The number of amides is 2. The quantitative estimate of drug-likeness (QED) is 0.114. The van der Waals surface area contributed by atoms with E-state index in [2.05, 4.69) is 10.6 Å². The fourth-order valence-corrected chi connectivity index (χ4v) is 5.06. The molecule has 0 radical (unpaired) electrons. The van der Waals surface area contributed by atoms with Crippen molar-refractivity contribution in [2.45, 2.75) is 103 Å². The van der Waals surface area contributed by atoms with Crippen LogP contribution in [0.1, 0.15) is 95.5 Å². The highest BCUT2D eigenvalue weighted by Crippen LogP contribution is 2.35. The molecule has 1 aliphatic rings. The van der Waals surface area contributed by atoms with Gasteiger partial charge in [0.15, 0.2) is 0 Å². The zero-order valence-corrected chi connectivity index (χ0v) is 26.4. The van der Waals surface area contributed by atoms with Gasteiger partial charge in [0, 0.05) is 31.1 Å². The number of benzene rings is 1. The van der Waals surface area contributed by atoms with Crippen LogP contribution in [0, 0.1) is 0 Å². The number of methoxy groups -OCH3 is 2. The van der Waals surface area contributed by atoms with Gasteiger partial charge in [-0.05, 0) is 19.3 Å². The Morgan fingerprint density at radius 3 is 1.98 bits per heavy atom. The molecule has 0 spiro atoms. The van der Waals surface area contributed by atoms with Crippen molar-refractivity contribution in [3.63, 3.8) is 0 Å². The van der Waals surface area contributed by atoms with Crippen LogP contribution in [0.5, 0.6) is 17.2 Å². The summed E-state index contributed by atoms with van der Waals surface area (Å²) in [6.07, 6.45) is 14.8. The first kappa shape index (κ1) is 34.0. The minimum absolute atomic E-state index is 0.0347. The van der Waals surface area contributed by atoms with Crippen molar-refractivity contribution < 1.29 is 33.3 Å². The molecule has 0 heterocycles. The summed E-state index contributed by atoms with van der Waals surface area (Å²) in [5.41, 5.74) is 0.582. The van der Waals surface area contributed by atoms with Crippen LogP contribution in [0.3, 0.4) is 0 Å². The van der Waals surface area contributed by atoms with Crippen molar-refractivity contribution in [3.05, 3.63) is 17.7 Å². The second-order valence-corrected chi connectivity index (χ2v) is 10.9.